The molecule has 0 saturated carbocycles. The minimum absolute atomic E-state index is 0.160. The Bertz CT molecular complexity index is 818. The fraction of sp³-hybridized carbons (Fsp3) is 0.474. The average molecular weight is 355 g/mol. The molecule has 1 fully saturated rings. The summed E-state index contributed by atoms with van der Waals surface area (Å²) >= 11 is 0. The van der Waals surface area contributed by atoms with Crippen LogP contribution in [-0.4, -0.2) is 38.8 Å². The van der Waals surface area contributed by atoms with Crippen molar-refractivity contribution in [1.29, 1.82) is 0 Å². The summed E-state index contributed by atoms with van der Waals surface area (Å²) in [6.07, 6.45) is 4.77. The molecule has 0 radical (unpaired) electrons. The highest BCUT2D eigenvalue weighted by Crippen LogP contribution is 2.22. The van der Waals surface area contributed by atoms with Gasteiger partial charge in [0, 0.05) is 37.1 Å². The fourth-order valence-electron chi connectivity index (χ4n) is 3.63. The molecule has 0 bridgehead atoms. The number of rotatable bonds is 5. The van der Waals surface area contributed by atoms with Gasteiger partial charge >= 0.3 is 5.69 Å². The third kappa shape index (κ3) is 4.28. The van der Waals surface area contributed by atoms with Crippen LogP contribution in [0.5, 0.6) is 0 Å². The predicted molar refractivity (Wildman–Crippen MR) is 99.7 cm³/mol. The van der Waals surface area contributed by atoms with E-state index in [1.807, 2.05) is 37.1 Å². The molecule has 26 heavy (non-hydrogen) atoms. The largest absolute Gasteiger partial charge is 0.384 e. The average Bonchev–Trinajstić information content (AvgIpc) is 3.04. The topological polar surface area (TPSA) is 105 Å². The van der Waals surface area contributed by atoms with E-state index in [1.54, 1.807) is 0 Å². The normalized spacial score (nSPS) is 16.8. The second-order valence-electron chi connectivity index (χ2n) is 7.02. The Kier molecular flexibility index (Phi) is 5.35. The summed E-state index contributed by atoms with van der Waals surface area (Å²) in [4.78, 5) is 36.6. The Morgan fingerprint density at radius 2 is 2.19 bits per heavy atom. The summed E-state index contributed by atoms with van der Waals surface area (Å²) in [6, 6.07) is 3.82. The number of aromatic nitrogens is 3. The van der Waals surface area contributed by atoms with E-state index in [0.717, 1.165) is 42.8 Å². The Morgan fingerprint density at radius 1 is 1.38 bits per heavy atom. The van der Waals surface area contributed by atoms with Gasteiger partial charge in [0.2, 0.25) is 5.91 Å². The molecule has 3 heterocycles. The van der Waals surface area contributed by atoms with Crippen molar-refractivity contribution in [2.75, 3.05) is 18.8 Å². The van der Waals surface area contributed by atoms with E-state index in [-0.39, 0.29) is 11.6 Å². The molecule has 138 valence electrons. The van der Waals surface area contributed by atoms with E-state index < -0.39 is 0 Å². The predicted octanol–water partition coefficient (Wildman–Crippen LogP) is 1.39. The number of nitrogens with two attached hydrogens (primary N) is 1. The fourth-order valence-corrected chi connectivity index (χ4v) is 3.63. The molecule has 1 atom stereocenters. The molecule has 3 rings (SSSR count). The Labute approximate surface area is 152 Å². The summed E-state index contributed by atoms with van der Waals surface area (Å²) in [5.41, 5.74) is 8.90. The van der Waals surface area contributed by atoms with Crippen molar-refractivity contribution in [3.05, 3.63) is 51.3 Å². The van der Waals surface area contributed by atoms with Gasteiger partial charge in [0.15, 0.2) is 0 Å². The maximum Gasteiger partial charge on any atom is 0.345 e. The molecule has 1 amide bonds. The van der Waals surface area contributed by atoms with Gasteiger partial charge in [-0.3, -0.25) is 4.79 Å². The van der Waals surface area contributed by atoms with Crippen molar-refractivity contribution in [3.8, 4) is 0 Å². The number of amides is 1. The van der Waals surface area contributed by atoms with E-state index in [0.29, 0.717) is 30.3 Å². The number of pyridine rings is 1. The lowest BCUT2D eigenvalue weighted by Gasteiger charge is -2.17. The SMILES string of the molecule is Cc1nc(=O)[nH]c(C)c1CCC(=O)N1CCC(Cc2ccc(N)nc2)C1. The van der Waals surface area contributed by atoms with Gasteiger partial charge in [-0.15, -0.1) is 0 Å². The quantitative estimate of drug-likeness (QED) is 0.843. The van der Waals surface area contributed by atoms with Crippen LogP contribution in [0.15, 0.2) is 23.1 Å². The van der Waals surface area contributed by atoms with Gasteiger partial charge in [-0.05, 0) is 56.2 Å². The number of anilines is 1. The zero-order valence-electron chi connectivity index (χ0n) is 15.3. The first-order valence-electron chi connectivity index (χ1n) is 8.97. The lowest BCUT2D eigenvalue weighted by molar-refractivity contribution is -0.130. The summed E-state index contributed by atoms with van der Waals surface area (Å²) in [5.74, 6) is 1.15. The van der Waals surface area contributed by atoms with Gasteiger partial charge < -0.3 is 15.6 Å². The summed E-state index contributed by atoms with van der Waals surface area (Å²) in [6.45, 7) is 5.25. The highest BCUT2D eigenvalue weighted by Gasteiger charge is 2.26. The van der Waals surface area contributed by atoms with Crippen molar-refractivity contribution >= 4 is 11.7 Å². The standard InChI is InChI=1S/C19H25N5O2/c1-12-16(13(2)23-19(26)22-12)4-6-18(25)24-8-7-15(11-24)9-14-3-5-17(20)21-10-14/h3,5,10,15H,4,6-9,11H2,1-2H3,(H2,20,21)(H,22,23,26). The van der Waals surface area contributed by atoms with Gasteiger partial charge in [-0.25, -0.2) is 9.78 Å². The number of hydrogen-bond donors (Lipinski definition) is 2. The van der Waals surface area contributed by atoms with E-state index in [4.69, 9.17) is 5.73 Å². The van der Waals surface area contributed by atoms with Gasteiger partial charge in [0.05, 0.1) is 0 Å². The summed E-state index contributed by atoms with van der Waals surface area (Å²) in [7, 11) is 0. The van der Waals surface area contributed by atoms with Crippen LogP contribution in [0.3, 0.4) is 0 Å². The molecule has 1 aliphatic rings. The van der Waals surface area contributed by atoms with Crippen LogP contribution in [0.2, 0.25) is 0 Å². The van der Waals surface area contributed by atoms with Gasteiger partial charge in [-0.2, -0.15) is 4.98 Å². The third-order valence-corrected chi connectivity index (χ3v) is 5.05. The van der Waals surface area contributed by atoms with Crippen LogP contribution in [0, 0.1) is 19.8 Å². The maximum atomic E-state index is 12.6. The smallest absolute Gasteiger partial charge is 0.345 e. The highest BCUT2D eigenvalue weighted by molar-refractivity contribution is 5.76. The number of likely N-dealkylation sites (tertiary alicyclic amines) is 1. The number of carbonyl (C=O) groups excluding carboxylic acids is 1. The number of carbonyl (C=O) groups is 1. The van der Waals surface area contributed by atoms with Crippen LogP contribution in [-0.2, 0) is 17.6 Å². The van der Waals surface area contributed by atoms with Crippen LogP contribution in [0.25, 0.3) is 0 Å². The number of H-pyrrole nitrogens is 1. The first-order chi connectivity index (χ1) is 12.4. The zero-order valence-corrected chi connectivity index (χ0v) is 15.3. The first kappa shape index (κ1) is 18.1. The molecule has 0 aliphatic carbocycles. The number of aromatic amines is 1. The van der Waals surface area contributed by atoms with Crippen LogP contribution < -0.4 is 11.4 Å². The molecule has 3 N–H and O–H groups in total. The number of nitrogens with zero attached hydrogens (tertiary/aromatic N) is 3. The van der Waals surface area contributed by atoms with Crippen molar-refractivity contribution in [1.82, 2.24) is 19.9 Å². The lowest BCUT2D eigenvalue weighted by atomic mass is 10.00. The molecular formula is C19H25N5O2. The molecule has 0 spiro atoms. The van der Waals surface area contributed by atoms with Gasteiger partial charge in [0.1, 0.15) is 5.82 Å². The molecule has 0 aromatic carbocycles. The molecule has 1 saturated heterocycles. The summed E-state index contributed by atoms with van der Waals surface area (Å²) < 4.78 is 0. The van der Waals surface area contributed by atoms with Gasteiger partial charge in [-0.1, -0.05) is 6.07 Å². The Morgan fingerprint density at radius 3 is 2.88 bits per heavy atom. The van der Waals surface area contributed by atoms with Crippen molar-refractivity contribution < 1.29 is 4.79 Å². The van der Waals surface area contributed by atoms with Crippen LogP contribution >= 0.6 is 0 Å². The van der Waals surface area contributed by atoms with E-state index in [9.17, 15) is 9.59 Å². The molecule has 7 nitrogen and oxygen atoms in total. The number of nitrogens with one attached hydrogen (secondary N) is 1. The molecule has 1 unspecified atom stereocenters. The zero-order chi connectivity index (χ0) is 18.7. The molecule has 7 heteroatoms. The van der Waals surface area contributed by atoms with Crippen molar-refractivity contribution in [2.45, 2.75) is 39.5 Å². The highest BCUT2D eigenvalue weighted by atomic mass is 16.2. The number of nitrogen functional groups attached to an aromatic ring is 1. The van der Waals surface area contributed by atoms with Crippen LogP contribution in [0.1, 0.15) is 35.4 Å². The molecular weight excluding hydrogens is 330 g/mol. The van der Waals surface area contributed by atoms with Crippen molar-refractivity contribution in [3.63, 3.8) is 0 Å². The van der Waals surface area contributed by atoms with Crippen molar-refractivity contribution in [2.24, 2.45) is 5.92 Å². The minimum Gasteiger partial charge on any atom is -0.384 e. The van der Waals surface area contributed by atoms with E-state index >= 15 is 0 Å². The Balaban J connectivity index is 1.53. The minimum atomic E-state index is -0.338. The summed E-state index contributed by atoms with van der Waals surface area (Å²) in [5, 5.41) is 0. The second-order valence-corrected chi connectivity index (χ2v) is 7.02. The molecule has 2 aromatic heterocycles. The van der Waals surface area contributed by atoms with E-state index in [2.05, 4.69) is 15.0 Å². The van der Waals surface area contributed by atoms with E-state index in [1.165, 1.54) is 0 Å². The Hall–Kier alpha value is -2.70. The number of hydrogen-bond acceptors (Lipinski definition) is 5. The third-order valence-electron chi connectivity index (χ3n) is 5.05. The number of aryl methyl sites for hydroxylation is 2. The molecule has 2 aromatic rings. The van der Waals surface area contributed by atoms with Gasteiger partial charge in [0.25, 0.3) is 0 Å². The first-order valence-corrected chi connectivity index (χ1v) is 8.97. The lowest BCUT2D eigenvalue weighted by Crippen LogP contribution is -2.29. The van der Waals surface area contributed by atoms with Crippen LogP contribution in [0.4, 0.5) is 5.82 Å². The monoisotopic (exact) mass is 355 g/mol. The second kappa shape index (κ2) is 7.68. The molecule has 1 aliphatic heterocycles. The maximum absolute atomic E-state index is 12.6.